The molecule has 3 saturated heterocycles. The Morgan fingerprint density at radius 1 is 0.892 bits per heavy atom. The highest BCUT2D eigenvalue weighted by molar-refractivity contribution is 5.96. The van der Waals surface area contributed by atoms with E-state index >= 15 is 0 Å². The van der Waals surface area contributed by atoms with Crippen molar-refractivity contribution in [3.05, 3.63) is 0 Å². The van der Waals surface area contributed by atoms with E-state index in [1.54, 1.807) is 4.90 Å². The van der Waals surface area contributed by atoms with Crippen LogP contribution in [-0.2, 0) is 24.0 Å². The molecule has 13 nitrogen and oxygen atoms in total. The third kappa shape index (κ3) is 7.17. The fourth-order valence-electron chi connectivity index (χ4n) is 5.36. The van der Waals surface area contributed by atoms with Gasteiger partial charge in [0.05, 0.1) is 12.6 Å². The molecule has 0 aromatic carbocycles. The maximum Gasteiger partial charge on any atom is 0.326 e. The number of nitrogens with zero attached hydrogens (tertiary/aromatic N) is 2. The van der Waals surface area contributed by atoms with Gasteiger partial charge in [0.1, 0.15) is 24.2 Å². The number of nitrogens with one attached hydrogen (secondary N) is 3. The zero-order valence-electron chi connectivity index (χ0n) is 21.2. The number of carbonyl (C=O) groups excluding carboxylic acids is 4. The second kappa shape index (κ2) is 13.7. The topological polar surface area (TPSA) is 194 Å². The van der Waals surface area contributed by atoms with E-state index in [0.717, 1.165) is 19.4 Å². The Kier molecular flexibility index (Phi) is 10.6. The standard InChI is InChI=1S/C24H40N6O7/c25-10-2-1-6-16(24(36)37)27-20(32)17(14-31)28-21(33)18-8-4-12-29(18)23(35)19-9-5-13-30(19)22(34)15-7-3-11-26-15/h15-19,26,31H,1-14,25H2,(H,27,32)(H,28,33)(H,36,37)/t15-,16-,17-,18-,19-/m0/s1. The van der Waals surface area contributed by atoms with Gasteiger partial charge in [-0.3, -0.25) is 19.2 Å². The highest BCUT2D eigenvalue weighted by Gasteiger charge is 2.44. The zero-order chi connectivity index (χ0) is 26.9. The Balaban J connectivity index is 1.60. The number of aliphatic hydroxyl groups excluding tert-OH is 1. The number of hydrogen-bond acceptors (Lipinski definition) is 8. The molecule has 0 aromatic rings. The van der Waals surface area contributed by atoms with Gasteiger partial charge in [0, 0.05) is 13.1 Å². The quantitative estimate of drug-likeness (QED) is 0.155. The van der Waals surface area contributed by atoms with Crippen molar-refractivity contribution >= 4 is 29.6 Å². The second-order valence-electron chi connectivity index (χ2n) is 9.96. The average molecular weight is 525 g/mol. The molecule has 0 aromatic heterocycles. The van der Waals surface area contributed by atoms with Gasteiger partial charge >= 0.3 is 5.97 Å². The molecular weight excluding hydrogens is 484 g/mol. The number of carboxylic acids is 1. The van der Waals surface area contributed by atoms with Crippen LogP contribution in [0, 0.1) is 0 Å². The summed E-state index contributed by atoms with van der Waals surface area (Å²) in [4.78, 5) is 66.7. The van der Waals surface area contributed by atoms with E-state index in [1.807, 2.05) is 0 Å². The summed E-state index contributed by atoms with van der Waals surface area (Å²) in [7, 11) is 0. The van der Waals surface area contributed by atoms with Gasteiger partial charge in [-0.25, -0.2) is 4.79 Å². The minimum Gasteiger partial charge on any atom is -0.480 e. The number of unbranched alkanes of at least 4 members (excludes halogenated alkanes) is 1. The van der Waals surface area contributed by atoms with Crippen molar-refractivity contribution in [2.75, 3.05) is 32.8 Å². The number of carbonyl (C=O) groups is 5. The number of nitrogens with two attached hydrogens (primary N) is 1. The fraction of sp³-hybridized carbons (Fsp3) is 0.792. The summed E-state index contributed by atoms with van der Waals surface area (Å²) in [5, 5.41) is 27.1. The number of carboxylic acid groups (broad SMARTS) is 1. The molecule has 0 spiro atoms. The number of rotatable bonds is 12. The SMILES string of the molecule is NCCCC[C@H](NC(=O)[C@H](CO)NC(=O)[C@@H]1CCCN1C(=O)[C@@H]1CCCN1C(=O)[C@@H]1CCCN1)C(=O)O. The highest BCUT2D eigenvalue weighted by Crippen LogP contribution is 2.26. The Labute approximate surface area is 216 Å². The lowest BCUT2D eigenvalue weighted by atomic mass is 10.1. The van der Waals surface area contributed by atoms with Crippen molar-refractivity contribution in [2.45, 2.75) is 88.0 Å². The number of hydrogen-bond donors (Lipinski definition) is 6. The molecule has 3 rings (SSSR count). The van der Waals surface area contributed by atoms with Gasteiger partial charge in [-0.05, 0) is 70.9 Å². The van der Waals surface area contributed by atoms with Gasteiger partial charge in [0.15, 0.2) is 0 Å². The number of aliphatic carboxylic acids is 1. The summed E-state index contributed by atoms with van der Waals surface area (Å²) in [6.07, 6.45) is 5.15. The van der Waals surface area contributed by atoms with E-state index < -0.39 is 48.6 Å². The van der Waals surface area contributed by atoms with Crippen molar-refractivity contribution in [3.63, 3.8) is 0 Å². The molecule has 13 heteroatoms. The fourth-order valence-corrected chi connectivity index (χ4v) is 5.36. The van der Waals surface area contributed by atoms with Crippen molar-refractivity contribution in [1.82, 2.24) is 25.8 Å². The third-order valence-corrected chi connectivity index (χ3v) is 7.39. The predicted octanol–water partition coefficient (Wildman–Crippen LogP) is -2.10. The largest absolute Gasteiger partial charge is 0.480 e. The third-order valence-electron chi connectivity index (χ3n) is 7.39. The number of amides is 4. The van der Waals surface area contributed by atoms with Crippen LogP contribution in [0.5, 0.6) is 0 Å². The van der Waals surface area contributed by atoms with Crippen LogP contribution in [0.4, 0.5) is 0 Å². The van der Waals surface area contributed by atoms with Crippen LogP contribution >= 0.6 is 0 Å². The molecule has 4 amide bonds. The lowest BCUT2D eigenvalue weighted by Crippen LogP contribution is -2.58. The highest BCUT2D eigenvalue weighted by atomic mass is 16.4. The first-order valence-electron chi connectivity index (χ1n) is 13.3. The van der Waals surface area contributed by atoms with Gasteiger partial charge in [-0.2, -0.15) is 0 Å². The van der Waals surface area contributed by atoms with Crippen LogP contribution in [0.15, 0.2) is 0 Å². The average Bonchev–Trinajstić information content (AvgIpc) is 3.67. The molecule has 0 unspecified atom stereocenters. The molecule has 3 aliphatic heterocycles. The first-order chi connectivity index (χ1) is 17.8. The number of likely N-dealkylation sites (tertiary alicyclic amines) is 2. The summed E-state index contributed by atoms with van der Waals surface area (Å²) in [5.41, 5.74) is 5.43. The summed E-state index contributed by atoms with van der Waals surface area (Å²) < 4.78 is 0. The lowest BCUT2D eigenvalue weighted by Gasteiger charge is -2.32. The Morgan fingerprint density at radius 3 is 2.16 bits per heavy atom. The predicted molar refractivity (Wildman–Crippen MR) is 132 cm³/mol. The van der Waals surface area contributed by atoms with Crippen LogP contribution < -0.4 is 21.7 Å². The Hall–Kier alpha value is -2.77. The molecule has 208 valence electrons. The lowest BCUT2D eigenvalue weighted by molar-refractivity contribution is -0.147. The molecule has 3 fully saturated rings. The van der Waals surface area contributed by atoms with Gasteiger partial charge in [0.25, 0.3) is 0 Å². The maximum atomic E-state index is 13.5. The Bertz CT molecular complexity index is 849. The summed E-state index contributed by atoms with van der Waals surface area (Å²) >= 11 is 0. The van der Waals surface area contributed by atoms with Crippen LogP contribution in [0.2, 0.25) is 0 Å². The molecule has 3 heterocycles. The number of aliphatic hydroxyl groups is 1. The van der Waals surface area contributed by atoms with Crippen molar-refractivity contribution < 1.29 is 34.2 Å². The van der Waals surface area contributed by atoms with Gasteiger partial charge < -0.3 is 41.7 Å². The summed E-state index contributed by atoms with van der Waals surface area (Å²) in [6.45, 7) is 1.30. The second-order valence-corrected chi connectivity index (χ2v) is 9.96. The molecule has 3 aliphatic rings. The minimum absolute atomic E-state index is 0.0787. The zero-order valence-corrected chi connectivity index (χ0v) is 21.2. The van der Waals surface area contributed by atoms with Crippen LogP contribution in [0.1, 0.15) is 57.8 Å². The van der Waals surface area contributed by atoms with Gasteiger partial charge in [0.2, 0.25) is 23.6 Å². The van der Waals surface area contributed by atoms with E-state index in [-0.39, 0.29) is 24.3 Å². The molecular formula is C24H40N6O7. The molecule has 0 radical (unpaired) electrons. The molecule has 0 aliphatic carbocycles. The Morgan fingerprint density at radius 2 is 1.57 bits per heavy atom. The maximum absolute atomic E-state index is 13.5. The van der Waals surface area contributed by atoms with Crippen molar-refractivity contribution in [2.24, 2.45) is 5.73 Å². The molecule has 0 saturated carbocycles. The smallest absolute Gasteiger partial charge is 0.326 e. The first-order valence-corrected chi connectivity index (χ1v) is 13.3. The first kappa shape index (κ1) is 28.8. The summed E-state index contributed by atoms with van der Waals surface area (Å²) in [5.74, 6) is -2.99. The van der Waals surface area contributed by atoms with E-state index in [2.05, 4.69) is 16.0 Å². The van der Waals surface area contributed by atoms with E-state index in [1.165, 1.54) is 4.90 Å². The minimum atomic E-state index is -1.36. The van der Waals surface area contributed by atoms with E-state index in [0.29, 0.717) is 58.2 Å². The van der Waals surface area contributed by atoms with Crippen LogP contribution in [0.3, 0.4) is 0 Å². The van der Waals surface area contributed by atoms with Gasteiger partial charge in [-0.1, -0.05) is 0 Å². The molecule has 0 bridgehead atoms. The normalized spacial score (nSPS) is 25.1. The van der Waals surface area contributed by atoms with Crippen LogP contribution in [0.25, 0.3) is 0 Å². The van der Waals surface area contributed by atoms with E-state index in [9.17, 15) is 34.2 Å². The van der Waals surface area contributed by atoms with Crippen molar-refractivity contribution in [3.8, 4) is 0 Å². The van der Waals surface area contributed by atoms with Gasteiger partial charge in [-0.15, -0.1) is 0 Å². The molecule has 7 N–H and O–H groups in total. The summed E-state index contributed by atoms with van der Waals surface area (Å²) in [6, 6.07) is -4.27. The van der Waals surface area contributed by atoms with E-state index in [4.69, 9.17) is 5.73 Å². The monoisotopic (exact) mass is 524 g/mol. The molecule has 37 heavy (non-hydrogen) atoms. The van der Waals surface area contributed by atoms with Crippen molar-refractivity contribution in [1.29, 1.82) is 0 Å². The molecule has 5 atom stereocenters. The van der Waals surface area contributed by atoms with Crippen LogP contribution in [-0.4, -0.2) is 113 Å².